The Labute approximate surface area is 121 Å². The Kier molecular flexibility index (Phi) is 7.87. The lowest BCUT2D eigenvalue weighted by Crippen LogP contribution is -2.35. The quantitative estimate of drug-likeness (QED) is 0.671. The summed E-state index contributed by atoms with van der Waals surface area (Å²) in [4.78, 5) is 14.0. The normalized spacial score (nSPS) is 10.8. The van der Waals surface area contributed by atoms with Crippen molar-refractivity contribution < 1.29 is 9.53 Å². The number of nitrogens with zero attached hydrogens (tertiary/aromatic N) is 1. The van der Waals surface area contributed by atoms with Crippen LogP contribution in [0.3, 0.4) is 0 Å². The van der Waals surface area contributed by atoms with Gasteiger partial charge >= 0.3 is 0 Å². The topological polar surface area (TPSA) is 67.6 Å². The molecule has 0 aromatic heterocycles. The Morgan fingerprint density at radius 1 is 1.30 bits per heavy atom. The molecule has 0 heterocycles. The summed E-state index contributed by atoms with van der Waals surface area (Å²) >= 11 is 0. The third kappa shape index (κ3) is 6.14. The highest BCUT2D eigenvalue weighted by Gasteiger charge is 2.09. The van der Waals surface area contributed by atoms with Gasteiger partial charge in [0.05, 0.1) is 13.2 Å². The highest BCUT2D eigenvalue weighted by molar-refractivity contribution is 5.92. The second-order valence-electron chi connectivity index (χ2n) is 4.51. The average Bonchev–Trinajstić information content (AvgIpc) is 2.47. The summed E-state index contributed by atoms with van der Waals surface area (Å²) in [7, 11) is 0. The molecule has 5 heteroatoms. The van der Waals surface area contributed by atoms with Crippen molar-refractivity contribution in [3.05, 3.63) is 29.8 Å². The Morgan fingerprint density at radius 3 is 2.55 bits per heavy atom. The molecule has 0 atom stereocenters. The highest BCUT2D eigenvalue weighted by atomic mass is 16.5. The summed E-state index contributed by atoms with van der Waals surface area (Å²) in [5.74, 6) is -0.0103. The highest BCUT2D eigenvalue weighted by Crippen LogP contribution is 2.09. The fraction of sp³-hybridized carbons (Fsp3) is 0.533. The first-order valence-electron chi connectivity index (χ1n) is 7.08. The molecule has 1 aromatic carbocycles. The van der Waals surface area contributed by atoms with Crippen molar-refractivity contribution in [3.63, 3.8) is 0 Å². The third-order valence-electron chi connectivity index (χ3n) is 3.04. The van der Waals surface area contributed by atoms with Crippen molar-refractivity contribution in [1.29, 1.82) is 0 Å². The van der Waals surface area contributed by atoms with Gasteiger partial charge in [-0.3, -0.25) is 9.69 Å². The fourth-order valence-electron chi connectivity index (χ4n) is 1.81. The monoisotopic (exact) mass is 279 g/mol. The predicted molar refractivity (Wildman–Crippen MR) is 81.6 cm³/mol. The lowest BCUT2D eigenvalue weighted by molar-refractivity contribution is -0.117. The maximum absolute atomic E-state index is 12.0. The first-order chi connectivity index (χ1) is 9.69. The van der Waals surface area contributed by atoms with Gasteiger partial charge in [-0.2, -0.15) is 0 Å². The first-order valence-corrected chi connectivity index (χ1v) is 7.08. The molecular weight excluding hydrogens is 254 g/mol. The molecule has 0 unspecified atom stereocenters. The van der Waals surface area contributed by atoms with Crippen LogP contribution in [0.5, 0.6) is 0 Å². The summed E-state index contributed by atoms with van der Waals surface area (Å²) in [6.45, 7) is 7.84. The van der Waals surface area contributed by atoms with E-state index < -0.39 is 0 Å². The van der Waals surface area contributed by atoms with Gasteiger partial charge in [0.2, 0.25) is 5.91 Å². The van der Waals surface area contributed by atoms with Crippen LogP contribution >= 0.6 is 0 Å². The summed E-state index contributed by atoms with van der Waals surface area (Å²) in [6, 6.07) is 7.58. The minimum Gasteiger partial charge on any atom is -0.380 e. The zero-order valence-electron chi connectivity index (χ0n) is 12.4. The van der Waals surface area contributed by atoms with Crippen LogP contribution in [-0.2, 0) is 16.1 Å². The minimum atomic E-state index is -0.0103. The molecule has 1 rings (SSSR count). The van der Waals surface area contributed by atoms with E-state index in [4.69, 9.17) is 10.5 Å². The number of rotatable bonds is 9. The van der Waals surface area contributed by atoms with Gasteiger partial charge in [0.1, 0.15) is 0 Å². The van der Waals surface area contributed by atoms with Crippen molar-refractivity contribution in [1.82, 2.24) is 4.90 Å². The first kappa shape index (κ1) is 16.6. The molecule has 112 valence electrons. The van der Waals surface area contributed by atoms with E-state index in [2.05, 4.69) is 10.2 Å². The van der Waals surface area contributed by atoms with E-state index in [0.717, 1.165) is 24.3 Å². The molecule has 0 fully saturated rings. The van der Waals surface area contributed by atoms with Gasteiger partial charge < -0.3 is 15.8 Å². The SMILES string of the molecule is CCOCCN(CC)CC(=O)Nc1ccc(CN)cc1. The Balaban J connectivity index is 2.40. The zero-order chi connectivity index (χ0) is 14.8. The van der Waals surface area contributed by atoms with Crippen molar-refractivity contribution in [3.8, 4) is 0 Å². The van der Waals surface area contributed by atoms with E-state index in [1.54, 1.807) is 0 Å². The van der Waals surface area contributed by atoms with Gasteiger partial charge in [0.15, 0.2) is 0 Å². The van der Waals surface area contributed by atoms with E-state index in [9.17, 15) is 4.79 Å². The number of amides is 1. The van der Waals surface area contributed by atoms with Crippen molar-refractivity contribution >= 4 is 11.6 Å². The molecule has 0 spiro atoms. The van der Waals surface area contributed by atoms with E-state index in [-0.39, 0.29) is 5.91 Å². The molecule has 1 aromatic rings. The minimum absolute atomic E-state index is 0.0103. The Hall–Kier alpha value is -1.43. The number of nitrogens with one attached hydrogen (secondary N) is 1. The van der Waals surface area contributed by atoms with Crippen LogP contribution in [0.1, 0.15) is 19.4 Å². The van der Waals surface area contributed by atoms with Gasteiger partial charge in [-0.1, -0.05) is 19.1 Å². The van der Waals surface area contributed by atoms with Crippen LogP contribution in [-0.4, -0.2) is 43.7 Å². The van der Waals surface area contributed by atoms with E-state index in [1.807, 2.05) is 38.1 Å². The standard InChI is InChI=1S/C15H25N3O2/c1-3-18(9-10-20-4-2)12-15(19)17-14-7-5-13(11-16)6-8-14/h5-8H,3-4,9-12,16H2,1-2H3,(H,17,19). The Morgan fingerprint density at radius 2 is 2.00 bits per heavy atom. The van der Waals surface area contributed by atoms with Crippen molar-refractivity contribution in [2.45, 2.75) is 20.4 Å². The second-order valence-corrected chi connectivity index (χ2v) is 4.51. The molecule has 20 heavy (non-hydrogen) atoms. The van der Waals surface area contributed by atoms with Gasteiger partial charge in [0.25, 0.3) is 0 Å². The Bertz CT molecular complexity index is 393. The second kappa shape index (κ2) is 9.47. The number of ether oxygens (including phenoxy) is 1. The molecule has 0 saturated heterocycles. The lowest BCUT2D eigenvalue weighted by Gasteiger charge is -2.19. The molecule has 0 aliphatic rings. The molecule has 0 saturated carbocycles. The van der Waals surface area contributed by atoms with Crippen LogP contribution in [0, 0.1) is 0 Å². The van der Waals surface area contributed by atoms with Crippen molar-refractivity contribution in [2.24, 2.45) is 5.73 Å². The number of carbonyl (C=O) groups is 1. The maximum atomic E-state index is 12.0. The number of nitrogens with two attached hydrogens (primary N) is 1. The summed E-state index contributed by atoms with van der Waals surface area (Å²) < 4.78 is 5.31. The van der Waals surface area contributed by atoms with Crippen LogP contribution in [0.4, 0.5) is 5.69 Å². The molecule has 5 nitrogen and oxygen atoms in total. The molecule has 0 aliphatic heterocycles. The number of likely N-dealkylation sites (N-methyl/N-ethyl adjacent to an activating group) is 1. The van der Waals surface area contributed by atoms with E-state index in [0.29, 0.717) is 26.3 Å². The molecule has 3 N–H and O–H groups in total. The van der Waals surface area contributed by atoms with Crippen LogP contribution in [0.2, 0.25) is 0 Å². The van der Waals surface area contributed by atoms with Crippen LogP contribution < -0.4 is 11.1 Å². The molecule has 0 aliphatic carbocycles. The van der Waals surface area contributed by atoms with Gasteiger partial charge in [-0.25, -0.2) is 0 Å². The summed E-state index contributed by atoms with van der Waals surface area (Å²) in [6.07, 6.45) is 0. The number of carbonyl (C=O) groups excluding carboxylic acids is 1. The van der Waals surface area contributed by atoms with Crippen LogP contribution in [0.25, 0.3) is 0 Å². The molecular formula is C15H25N3O2. The number of benzene rings is 1. The smallest absolute Gasteiger partial charge is 0.238 e. The van der Waals surface area contributed by atoms with Gasteiger partial charge in [-0.05, 0) is 31.2 Å². The van der Waals surface area contributed by atoms with E-state index >= 15 is 0 Å². The van der Waals surface area contributed by atoms with Crippen LogP contribution in [0.15, 0.2) is 24.3 Å². The molecule has 1 amide bonds. The van der Waals surface area contributed by atoms with E-state index in [1.165, 1.54) is 0 Å². The predicted octanol–water partition coefficient (Wildman–Crippen LogP) is 1.44. The third-order valence-corrected chi connectivity index (χ3v) is 3.04. The zero-order valence-corrected chi connectivity index (χ0v) is 12.4. The fourth-order valence-corrected chi connectivity index (χ4v) is 1.81. The van der Waals surface area contributed by atoms with Gasteiger partial charge in [0, 0.05) is 25.4 Å². The number of anilines is 1. The number of hydrogen-bond acceptors (Lipinski definition) is 4. The maximum Gasteiger partial charge on any atom is 0.238 e. The number of hydrogen-bond donors (Lipinski definition) is 2. The average molecular weight is 279 g/mol. The molecule has 0 bridgehead atoms. The van der Waals surface area contributed by atoms with Crippen molar-refractivity contribution in [2.75, 3.05) is 38.2 Å². The summed E-state index contributed by atoms with van der Waals surface area (Å²) in [5, 5.41) is 2.89. The largest absolute Gasteiger partial charge is 0.380 e. The summed E-state index contributed by atoms with van der Waals surface area (Å²) in [5.41, 5.74) is 7.39. The van der Waals surface area contributed by atoms with Gasteiger partial charge in [-0.15, -0.1) is 0 Å². The molecule has 0 radical (unpaired) electrons. The lowest BCUT2D eigenvalue weighted by atomic mass is 10.2.